The largest absolute Gasteiger partial charge is 0.379 e. The molecule has 2 aromatic carbocycles. The van der Waals surface area contributed by atoms with Crippen LogP contribution in [0.1, 0.15) is 17.5 Å². The van der Waals surface area contributed by atoms with Gasteiger partial charge in [0.1, 0.15) is 0 Å². The lowest BCUT2D eigenvalue weighted by atomic mass is 10.1. The van der Waals surface area contributed by atoms with Crippen LogP contribution >= 0.6 is 35.6 Å². The zero-order chi connectivity index (χ0) is 21.5. The second-order valence-corrected chi connectivity index (χ2v) is 8.58. The number of hydrogen-bond acceptors (Lipinski definition) is 4. The minimum atomic E-state index is 0. The molecule has 174 valence electrons. The first-order valence-electron chi connectivity index (χ1n) is 11.1. The molecule has 2 aromatic rings. The maximum absolute atomic E-state index is 6.16. The maximum atomic E-state index is 6.16. The summed E-state index contributed by atoms with van der Waals surface area (Å²) < 4.78 is 5.48. The third-order valence-corrected chi connectivity index (χ3v) is 6.22. The first-order valence-corrected chi connectivity index (χ1v) is 11.4. The molecule has 2 N–H and O–H groups in total. The molecule has 8 heteroatoms. The average molecular weight is 570 g/mol. The Morgan fingerprint density at radius 3 is 2.62 bits per heavy atom. The molecule has 2 aliphatic heterocycles. The van der Waals surface area contributed by atoms with E-state index in [0.717, 1.165) is 69.9 Å². The number of benzene rings is 2. The van der Waals surface area contributed by atoms with E-state index in [1.54, 1.807) is 0 Å². The van der Waals surface area contributed by atoms with Crippen LogP contribution in [0.4, 0.5) is 5.69 Å². The van der Waals surface area contributed by atoms with Gasteiger partial charge in [-0.05, 0) is 35.7 Å². The van der Waals surface area contributed by atoms with Crippen molar-refractivity contribution in [3.63, 3.8) is 0 Å². The number of hydrogen-bond donors (Lipinski definition) is 2. The summed E-state index contributed by atoms with van der Waals surface area (Å²) in [6, 6.07) is 17.1. The van der Waals surface area contributed by atoms with Crippen LogP contribution in [0, 0.1) is 0 Å². The fraction of sp³-hybridized carbons (Fsp3) is 0.458. The minimum Gasteiger partial charge on any atom is -0.379 e. The molecule has 1 unspecified atom stereocenters. The molecule has 0 amide bonds. The summed E-state index contributed by atoms with van der Waals surface area (Å²) in [6.07, 6.45) is 1.07. The number of guanidine groups is 1. The summed E-state index contributed by atoms with van der Waals surface area (Å²) in [4.78, 5) is 9.28. The fourth-order valence-corrected chi connectivity index (χ4v) is 4.42. The van der Waals surface area contributed by atoms with Gasteiger partial charge in [-0.2, -0.15) is 0 Å². The summed E-state index contributed by atoms with van der Waals surface area (Å²) in [5.74, 6) is 0.846. The highest BCUT2D eigenvalue weighted by Crippen LogP contribution is 2.23. The van der Waals surface area contributed by atoms with Crippen LogP contribution in [0.2, 0.25) is 5.02 Å². The van der Waals surface area contributed by atoms with Crippen molar-refractivity contribution in [2.75, 3.05) is 51.3 Å². The lowest BCUT2D eigenvalue weighted by molar-refractivity contribution is 0.0341. The van der Waals surface area contributed by atoms with E-state index in [2.05, 4.69) is 55.8 Å². The van der Waals surface area contributed by atoms with Crippen molar-refractivity contribution in [3.8, 4) is 0 Å². The lowest BCUT2D eigenvalue weighted by Crippen LogP contribution is -2.44. The monoisotopic (exact) mass is 569 g/mol. The zero-order valence-electron chi connectivity index (χ0n) is 18.6. The summed E-state index contributed by atoms with van der Waals surface area (Å²) >= 11 is 6.16. The van der Waals surface area contributed by atoms with E-state index in [0.29, 0.717) is 6.04 Å². The predicted octanol–water partition coefficient (Wildman–Crippen LogP) is 3.73. The van der Waals surface area contributed by atoms with Gasteiger partial charge in [0.05, 0.1) is 13.2 Å². The standard InChI is InChI=1S/C24H32ClN5O.HI/c1-26-24(28-22-9-10-30(18-22)23-8-4-7-21(25)15-23)27-16-19-5-2-3-6-20(19)17-29-11-13-31-14-12-29;/h2-8,15,22H,9-14,16-18H2,1H3,(H2,26,27,28);1H. The van der Waals surface area contributed by atoms with Crippen molar-refractivity contribution in [1.82, 2.24) is 15.5 Å². The van der Waals surface area contributed by atoms with Gasteiger partial charge in [0, 0.05) is 63.1 Å². The van der Waals surface area contributed by atoms with Crippen molar-refractivity contribution in [2.45, 2.75) is 25.6 Å². The quantitative estimate of drug-likeness (QED) is 0.316. The molecule has 0 bridgehead atoms. The normalized spacial score (nSPS) is 19.5. The summed E-state index contributed by atoms with van der Waals surface area (Å²) in [6.45, 7) is 7.31. The molecule has 4 rings (SSSR count). The Labute approximate surface area is 213 Å². The molecule has 6 nitrogen and oxygen atoms in total. The van der Waals surface area contributed by atoms with E-state index < -0.39 is 0 Å². The van der Waals surface area contributed by atoms with Gasteiger partial charge in [0.15, 0.2) is 5.96 Å². The first-order chi connectivity index (χ1) is 15.2. The van der Waals surface area contributed by atoms with Crippen molar-refractivity contribution in [3.05, 3.63) is 64.7 Å². The molecule has 1 atom stereocenters. The van der Waals surface area contributed by atoms with Gasteiger partial charge in [-0.1, -0.05) is 41.9 Å². The Balaban J connectivity index is 0.00000289. The highest BCUT2D eigenvalue weighted by Gasteiger charge is 2.23. The molecular weight excluding hydrogens is 537 g/mol. The highest BCUT2D eigenvalue weighted by atomic mass is 127. The van der Waals surface area contributed by atoms with Gasteiger partial charge < -0.3 is 20.3 Å². The van der Waals surface area contributed by atoms with Gasteiger partial charge >= 0.3 is 0 Å². The fourth-order valence-electron chi connectivity index (χ4n) is 4.24. The van der Waals surface area contributed by atoms with E-state index in [9.17, 15) is 0 Å². The molecule has 2 heterocycles. The van der Waals surface area contributed by atoms with Crippen LogP contribution in [-0.4, -0.2) is 63.3 Å². The predicted molar refractivity (Wildman–Crippen MR) is 143 cm³/mol. The Kier molecular flexibility index (Phi) is 9.90. The lowest BCUT2D eigenvalue weighted by Gasteiger charge is -2.27. The van der Waals surface area contributed by atoms with E-state index in [4.69, 9.17) is 16.3 Å². The molecule has 2 saturated heterocycles. The Morgan fingerprint density at radius 2 is 1.88 bits per heavy atom. The molecule has 0 spiro atoms. The number of nitrogens with one attached hydrogen (secondary N) is 2. The van der Waals surface area contributed by atoms with Crippen LogP contribution in [0.3, 0.4) is 0 Å². The van der Waals surface area contributed by atoms with Crippen LogP contribution in [0.25, 0.3) is 0 Å². The van der Waals surface area contributed by atoms with Crippen LogP contribution < -0.4 is 15.5 Å². The molecule has 2 fully saturated rings. The Morgan fingerprint density at radius 1 is 1.09 bits per heavy atom. The number of morpholine rings is 1. The zero-order valence-corrected chi connectivity index (χ0v) is 21.7. The molecule has 0 aromatic heterocycles. The third kappa shape index (κ3) is 6.97. The third-order valence-electron chi connectivity index (χ3n) is 5.99. The number of nitrogens with zero attached hydrogens (tertiary/aromatic N) is 3. The molecular formula is C24H33ClIN5O. The molecule has 0 saturated carbocycles. The van der Waals surface area contributed by atoms with E-state index in [-0.39, 0.29) is 24.0 Å². The topological polar surface area (TPSA) is 52.1 Å². The van der Waals surface area contributed by atoms with E-state index in [1.807, 2.05) is 25.2 Å². The number of rotatable bonds is 6. The van der Waals surface area contributed by atoms with Gasteiger partial charge in [-0.15, -0.1) is 24.0 Å². The average Bonchev–Trinajstić information content (AvgIpc) is 3.27. The second kappa shape index (κ2) is 12.6. The molecule has 0 radical (unpaired) electrons. The van der Waals surface area contributed by atoms with Crippen LogP contribution in [-0.2, 0) is 17.8 Å². The molecule has 2 aliphatic rings. The molecule has 0 aliphatic carbocycles. The van der Waals surface area contributed by atoms with Crippen molar-refractivity contribution >= 4 is 47.2 Å². The first kappa shape index (κ1) is 25.1. The number of ether oxygens (including phenoxy) is 1. The van der Waals surface area contributed by atoms with Crippen LogP contribution in [0.5, 0.6) is 0 Å². The number of halogens is 2. The summed E-state index contributed by atoms with van der Waals surface area (Å²) in [5, 5.41) is 7.88. The Hall–Kier alpha value is -1.55. The van der Waals surface area contributed by atoms with E-state index in [1.165, 1.54) is 16.8 Å². The maximum Gasteiger partial charge on any atom is 0.191 e. The number of anilines is 1. The van der Waals surface area contributed by atoms with Gasteiger partial charge in [0.2, 0.25) is 0 Å². The Bertz CT molecular complexity index is 890. The van der Waals surface area contributed by atoms with Crippen molar-refractivity contribution in [1.29, 1.82) is 0 Å². The number of aliphatic imine (C=N–C) groups is 1. The van der Waals surface area contributed by atoms with Gasteiger partial charge in [-0.25, -0.2) is 0 Å². The molecule has 32 heavy (non-hydrogen) atoms. The smallest absolute Gasteiger partial charge is 0.191 e. The SMILES string of the molecule is CN=C(NCc1ccccc1CN1CCOCC1)NC1CCN(c2cccc(Cl)c2)C1.I. The van der Waals surface area contributed by atoms with Crippen molar-refractivity contribution in [2.24, 2.45) is 4.99 Å². The highest BCUT2D eigenvalue weighted by molar-refractivity contribution is 14.0. The van der Waals surface area contributed by atoms with Gasteiger partial charge in [0.25, 0.3) is 0 Å². The van der Waals surface area contributed by atoms with Crippen molar-refractivity contribution < 1.29 is 4.74 Å². The van der Waals surface area contributed by atoms with Gasteiger partial charge in [-0.3, -0.25) is 9.89 Å². The summed E-state index contributed by atoms with van der Waals surface area (Å²) in [7, 11) is 1.83. The summed E-state index contributed by atoms with van der Waals surface area (Å²) in [5.41, 5.74) is 3.85. The minimum absolute atomic E-state index is 0. The second-order valence-electron chi connectivity index (χ2n) is 8.14. The van der Waals surface area contributed by atoms with Crippen LogP contribution in [0.15, 0.2) is 53.5 Å². The van der Waals surface area contributed by atoms with E-state index >= 15 is 0 Å².